The molecule has 3 N–H and O–H groups in total. The van der Waals surface area contributed by atoms with E-state index in [0.29, 0.717) is 24.1 Å². The molecule has 0 bridgehead atoms. The fourth-order valence-electron chi connectivity index (χ4n) is 2.35. The van der Waals surface area contributed by atoms with Crippen molar-refractivity contribution < 1.29 is 13.5 Å². The third-order valence-electron chi connectivity index (χ3n) is 3.39. The Morgan fingerprint density at radius 1 is 0.955 bits per heavy atom. The number of hydrogen-bond donors (Lipinski definition) is 2. The molecule has 0 fully saturated rings. The van der Waals surface area contributed by atoms with Crippen LogP contribution in [0.1, 0.15) is 29.2 Å². The van der Waals surface area contributed by atoms with Crippen LogP contribution in [0.3, 0.4) is 0 Å². The maximum atomic E-state index is 12.3. The summed E-state index contributed by atoms with van der Waals surface area (Å²) in [6, 6.07) is 16.2. The fourth-order valence-corrected chi connectivity index (χ4v) is 3.84. The zero-order valence-electron chi connectivity index (χ0n) is 12.4. The van der Waals surface area contributed by atoms with Crippen molar-refractivity contribution in [1.82, 2.24) is 0 Å². The van der Waals surface area contributed by atoms with Gasteiger partial charge in [0.15, 0.2) is 9.84 Å². The Kier molecular flexibility index (Phi) is 5.71. The monoisotopic (exact) mass is 319 g/mol. The fraction of sp³-hybridized carbons (Fsp3) is 0.294. The number of hydrogen-bond acceptors (Lipinski definition) is 4. The van der Waals surface area contributed by atoms with Crippen molar-refractivity contribution in [1.29, 1.82) is 0 Å². The highest BCUT2D eigenvalue weighted by Gasteiger charge is 2.14. The number of aliphatic hydroxyl groups excluding tert-OH is 1. The Morgan fingerprint density at radius 2 is 1.59 bits per heavy atom. The highest BCUT2D eigenvalue weighted by molar-refractivity contribution is 7.89. The van der Waals surface area contributed by atoms with E-state index >= 15 is 0 Å². The second kappa shape index (κ2) is 7.54. The molecule has 2 aromatic carbocycles. The molecule has 118 valence electrons. The zero-order valence-corrected chi connectivity index (χ0v) is 13.2. The minimum absolute atomic E-state index is 0.0173. The van der Waals surface area contributed by atoms with Crippen LogP contribution in [0, 0.1) is 0 Å². The maximum Gasteiger partial charge on any atom is 0.158 e. The van der Waals surface area contributed by atoms with E-state index in [-0.39, 0.29) is 11.5 Å². The van der Waals surface area contributed by atoms with E-state index in [0.717, 1.165) is 5.56 Å². The third kappa shape index (κ3) is 4.94. The molecule has 0 aliphatic carbocycles. The number of benzene rings is 2. The number of aliphatic hydroxyl groups is 1. The van der Waals surface area contributed by atoms with E-state index in [1.54, 1.807) is 36.4 Å². The summed E-state index contributed by atoms with van der Waals surface area (Å²) in [5, 5.41) is 9.95. The molecule has 0 heterocycles. The zero-order chi connectivity index (χ0) is 16.0. The molecule has 0 amide bonds. The highest BCUT2D eigenvalue weighted by Crippen LogP contribution is 2.19. The molecule has 4 nitrogen and oxygen atoms in total. The molecule has 2 rings (SSSR count). The number of sulfone groups is 1. The Bertz CT molecular complexity index is 699. The van der Waals surface area contributed by atoms with Gasteiger partial charge in [-0.2, -0.15) is 0 Å². The molecule has 0 saturated carbocycles. The molecule has 5 heteroatoms. The Morgan fingerprint density at radius 3 is 2.27 bits per heavy atom. The van der Waals surface area contributed by atoms with Crippen LogP contribution in [-0.2, 0) is 21.3 Å². The van der Waals surface area contributed by atoms with Gasteiger partial charge in [0, 0.05) is 0 Å². The van der Waals surface area contributed by atoms with Crippen LogP contribution in [0.25, 0.3) is 0 Å². The number of nitrogens with two attached hydrogens (primary N) is 1. The normalized spacial score (nSPS) is 13.0. The molecule has 22 heavy (non-hydrogen) atoms. The Hall–Kier alpha value is -1.69. The summed E-state index contributed by atoms with van der Waals surface area (Å²) in [4.78, 5) is 0. The molecule has 0 radical (unpaired) electrons. The van der Waals surface area contributed by atoms with Crippen molar-refractivity contribution in [3.05, 3.63) is 71.3 Å². The first-order valence-electron chi connectivity index (χ1n) is 7.21. The van der Waals surface area contributed by atoms with Crippen molar-refractivity contribution in [3.8, 4) is 0 Å². The van der Waals surface area contributed by atoms with E-state index in [4.69, 9.17) is 5.73 Å². The Balaban J connectivity index is 2.11. The molecule has 0 aromatic heterocycles. The lowest BCUT2D eigenvalue weighted by Crippen LogP contribution is -2.09. The van der Waals surface area contributed by atoms with Gasteiger partial charge in [0.2, 0.25) is 0 Å². The van der Waals surface area contributed by atoms with Crippen LogP contribution in [0.15, 0.2) is 54.6 Å². The van der Waals surface area contributed by atoms with E-state index in [2.05, 4.69) is 0 Å². The van der Waals surface area contributed by atoms with Gasteiger partial charge in [-0.05, 0) is 29.7 Å². The first-order chi connectivity index (χ1) is 10.5. The molecule has 0 aliphatic heterocycles. The first-order valence-corrected chi connectivity index (χ1v) is 9.03. The van der Waals surface area contributed by atoms with E-state index in [1.807, 2.05) is 18.2 Å². The summed E-state index contributed by atoms with van der Waals surface area (Å²) < 4.78 is 24.6. The van der Waals surface area contributed by atoms with Crippen LogP contribution in [0.2, 0.25) is 0 Å². The largest absolute Gasteiger partial charge is 0.388 e. The standard InChI is InChI=1S/C17H21NO3S/c18-10-9-17(19)16-8-4-7-15(11-16)13-22(20,21)12-14-5-2-1-3-6-14/h1-8,11,17,19H,9-10,12-13,18H2. The predicted octanol–water partition coefficient (Wildman–Crippen LogP) is 2.18. The van der Waals surface area contributed by atoms with Crippen molar-refractivity contribution >= 4 is 9.84 Å². The average molecular weight is 319 g/mol. The van der Waals surface area contributed by atoms with Crippen molar-refractivity contribution in [2.75, 3.05) is 6.54 Å². The topological polar surface area (TPSA) is 80.4 Å². The highest BCUT2D eigenvalue weighted by atomic mass is 32.2. The molecular formula is C17H21NO3S. The minimum Gasteiger partial charge on any atom is -0.388 e. The number of rotatable bonds is 7. The van der Waals surface area contributed by atoms with Gasteiger partial charge in [0.05, 0.1) is 17.6 Å². The molecular weight excluding hydrogens is 298 g/mol. The van der Waals surface area contributed by atoms with Crippen LogP contribution in [0.5, 0.6) is 0 Å². The van der Waals surface area contributed by atoms with Crippen LogP contribution < -0.4 is 5.73 Å². The van der Waals surface area contributed by atoms with E-state index < -0.39 is 15.9 Å². The second-order valence-corrected chi connectivity index (χ2v) is 7.42. The summed E-state index contributed by atoms with van der Waals surface area (Å²) in [6.45, 7) is 0.387. The Labute approximate surface area is 131 Å². The van der Waals surface area contributed by atoms with Crippen LogP contribution in [0.4, 0.5) is 0 Å². The first kappa shape index (κ1) is 16.7. The molecule has 0 aliphatic rings. The summed E-state index contributed by atoms with van der Waals surface area (Å²) in [6.07, 6.45) is -0.193. The summed E-state index contributed by atoms with van der Waals surface area (Å²) >= 11 is 0. The van der Waals surface area contributed by atoms with Gasteiger partial charge in [-0.25, -0.2) is 8.42 Å². The second-order valence-electron chi connectivity index (χ2n) is 5.36. The summed E-state index contributed by atoms with van der Waals surface area (Å²) in [5.41, 5.74) is 7.61. The lowest BCUT2D eigenvalue weighted by Gasteiger charge is -2.11. The van der Waals surface area contributed by atoms with E-state index in [9.17, 15) is 13.5 Å². The maximum absolute atomic E-state index is 12.3. The van der Waals surface area contributed by atoms with Crippen molar-refractivity contribution in [2.24, 2.45) is 5.73 Å². The lowest BCUT2D eigenvalue weighted by atomic mass is 10.0. The summed E-state index contributed by atoms with van der Waals surface area (Å²) in [7, 11) is -3.25. The van der Waals surface area contributed by atoms with Gasteiger partial charge in [0.25, 0.3) is 0 Å². The average Bonchev–Trinajstić information content (AvgIpc) is 2.47. The van der Waals surface area contributed by atoms with Gasteiger partial charge in [0.1, 0.15) is 0 Å². The third-order valence-corrected chi connectivity index (χ3v) is 4.94. The van der Waals surface area contributed by atoms with Gasteiger partial charge < -0.3 is 10.8 Å². The smallest absolute Gasteiger partial charge is 0.158 e. The van der Waals surface area contributed by atoms with Gasteiger partial charge in [-0.1, -0.05) is 54.6 Å². The molecule has 1 unspecified atom stereocenters. The van der Waals surface area contributed by atoms with Crippen LogP contribution >= 0.6 is 0 Å². The predicted molar refractivity (Wildman–Crippen MR) is 87.8 cm³/mol. The van der Waals surface area contributed by atoms with Crippen molar-refractivity contribution in [2.45, 2.75) is 24.0 Å². The van der Waals surface area contributed by atoms with Crippen molar-refractivity contribution in [3.63, 3.8) is 0 Å². The van der Waals surface area contributed by atoms with Gasteiger partial charge in [-0.3, -0.25) is 0 Å². The van der Waals surface area contributed by atoms with E-state index in [1.165, 1.54) is 0 Å². The molecule has 0 saturated heterocycles. The molecule has 0 spiro atoms. The lowest BCUT2D eigenvalue weighted by molar-refractivity contribution is 0.170. The molecule has 2 aromatic rings. The van der Waals surface area contributed by atoms with Crippen LogP contribution in [-0.4, -0.2) is 20.1 Å². The summed E-state index contributed by atoms with van der Waals surface area (Å²) in [5.74, 6) is -0.0193. The SMILES string of the molecule is NCCC(O)c1cccc(CS(=O)(=O)Cc2ccccc2)c1. The molecule has 1 atom stereocenters. The van der Waals surface area contributed by atoms with Gasteiger partial charge >= 0.3 is 0 Å². The minimum atomic E-state index is -3.25. The van der Waals surface area contributed by atoms with Gasteiger partial charge in [-0.15, -0.1) is 0 Å². The quantitative estimate of drug-likeness (QED) is 0.820.